The molecule has 0 unspecified atom stereocenters. The van der Waals surface area contributed by atoms with Gasteiger partial charge in [-0.2, -0.15) is 0 Å². The first-order valence-electron chi connectivity index (χ1n) is 8.06. The van der Waals surface area contributed by atoms with Crippen molar-refractivity contribution in [3.8, 4) is 5.75 Å². The van der Waals surface area contributed by atoms with Crippen LogP contribution in [-0.4, -0.2) is 40.2 Å². The number of carbonyl (C=O) groups is 1. The lowest BCUT2D eigenvalue weighted by atomic mass is 10.3. The van der Waals surface area contributed by atoms with Gasteiger partial charge in [-0.3, -0.25) is 4.57 Å². The smallest absolute Gasteiger partial charge is 0.329 e. The highest BCUT2D eigenvalue weighted by molar-refractivity contribution is 6.40. The number of aromatic nitrogens is 2. The number of imidazole rings is 1. The fourth-order valence-corrected chi connectivity index (χ4v) is 2.96. The summed E-state index contributed by atoms with van der Waals surface area (Å²) in [6.07, 6.45) is 7.23. The van der Waals surface area contributed by atoms with E-state index in [1.54, 1.807) is 35.5 Å². The maximum atomic E-state index is 12.3. The van der Waals surface area contributed by atoms with Gasteiger partial charge in [0.25, 0.3) is 0 Å². The molecule has 0 spiro atoms. The van der Waals surface area contributed by atoms with E-state index in [4.69, 9.17) is 39.5 Å². The largest absolute Gasteiger partial charge is 0.489 e. The van der Waals surface area contributed by atoms with Gasteiger partial charge in [-0.05, 0) is 25.5 Å². The fraction of sp³-hybridized carbons (Fsp3) is 0.333. The van der Waals surface area contributed by atoms with E-state index in [-0.39, 0.29) is 12.6 Å². The molecular weight excluding hydrogens is 397 g/mol. The predicted octanol–water partition coefficient (Wildman–Crippen LogP) is 5.79. The maximum absolute atomic E-state index is 12.3. The minimum atomic E-state index is -0.152. The number of benzene rings is 1. The summed E-state index contributed by atoms with van der Waals surface area (Å²) in [7, 11) is 0. The molecule has 5 nitrogen and oxygen atoms in total. The van der Waals surface area contributed by atoms with E-state index in [0.717, 1.165) is 6.42 Å². The first-order valence-corrected chi connectivity index (χ1v) is 9.19. The number of amides is 1. The molecule has 1 heterocycles. The van der Waals surface area contributed by atoms with Gasteiger partial charge in [0.1, 0.15) is 12.9 Å². The zero-order valence-corrected chi connectivity index (χ0v) is 17.1. The highest BCUT2D eigenvalue weighted by Gasteiger charge is 2.15. The zero-order chi connectivity index (χ0) is 19.5. The van der Waals surface area contributed by atoms with Crippen molar-refractivity contribution in [3.63, 3.8) is 0 Å². The minimum absolute atomic E-state index is 0.152. The van der Waals surface area contributed by atoms with E-state index in [1.165, 1.54) is 10.9 Å². The molecule has 0 aliphatic rings. The van der Waals surface area contributed by atoms with Crippen molar-refractivity contribution < 1.29 is 9.53 Å². The van der Waals surface area contributed by atoms with Gasteiger partial charge in [-0.1, -0.05) is 47.8 Å². The normalized spacial score (nSPS) is 9.88. The molecule has 2 rings (SSSR count). The zero-order valence-electron chi connectivity index (χ0n) is 14.8. The molecule has 2 aromatic rings. The van der Waals surface area contributed by atoms with Crippen LogP contribution < -0.4 is 4.74 Å². The lowest BCUT2D eigenvalue weighted by Crippen LogP contribution is -2.37. The first kappa shape index (κ1) is 22.4. The summed E-state index contributed by atoms with van der Waals surface area (Å²) in [4.78, 5) is 17.9. The van der Waals surface area contributed by atoms with Gasteiger partial charge >= 0.3 is 6.03 Å². The molecule has 26 heavy (non-hydrogen) atoms. The van der Waals surface area contributed by atoms with Crippen LogP contribution in [0.3, 0.4) is 0 Å². The van der Waals surface area contributed by atoms with Gasteiger partial charge in [0, 0.05) is 24.0 Å². The molecule has 1 aromatic carbocycles. The number of nitrogens with zero attached hydrogens (tertiary/aromatic N) is 3. The Bertz CT molecular complexity index is 683. The van der Waals surface area contributed by atoms with Gasteiger partial charge in [-0.25, -0.2) is 9.78 Å². The Labute approximate surface area is 169 Å². The lowest BCUT2D eigenvalue weighted by Gasteiger charge is -2.22. The van der Waals surface area contributed by atoms with Crippen LogP contribution >= 0.6 is 34.8 Å². The summed E-state index contributed by atoms with van der Waals surface area (Å²) in [5, 5.41) is 1.12. The lowest BCUT2D eigenvalue weighted by molar-refractivity contribution is 0.184. The molecule has 8 heteroatoms. The molecule has 0 fully saturated rings. The average Bonchev–Trinajstić information content (AvgIpc) is 3.10. The Hall–Kier alpha value is -1.69. The first-order chi connectivity index (χ1) is 12.4. The Morgan fingerprint density at radius 3 is 2.42 bits per heavy atom. The third kappa shape index (κ3) is 6.90. The molecule has 0 aliphatic carbocycles. The second-order valence-electron chi connectivity index (χ2n) is 5.19. The topological polar surface area (TPSA) is 47.4 Å². The average molecular weight is 419 g/mol. The predicted molar refractivity (Wildman–Crippen MR) is 108 cm³/mol. The third-order valence-electron chi connectivity index (χ3n) is 3.06. The van der Waals surface area contributed by atoms with Crippen LogP contribution in [0.15, 0.2) is 43.5 Å². The Morgan fingerprint density at radius 2 is 1.92 bits per heavy atom. The second-order valence-corrected chi connectivity index (χ2v) is 6.45. The second kappa shape index (κ2) is 11.8. The maximum Gasteiger partial charge on any atom is 0.329 e. The van der Waals surface area contributed by atoms with Crippen molar-refractivity contribution in [2.75, 3.05) is 19.7 Å². The molecule has 0 N–H and O–H groups in total. The van der Waals surface area contributed by atoms with Crippen LogP contribution in [0, 0.1) is 0 Å². The molecule has 0 saturated carbocycles. The van der Waals surface area contributed by atoms with Crippen LogP contribution in [0.4, 0.5) is 4.79 Å². The van der Waals surface area contributed by atoms with Crippen molar-refractivity contribution in [1.82, 2.24) is 14.5 Å². The summed E-state index contributed by atoms with van der Waals surface area (Å²) in [5.41, 5.74) is 0. The Balaban J connectivity index is 0.00000105. The third-order valence-corrected chi connectivity index (χ3v) is 3.84. The van der Waals surface area contributed by atoms with Crippen molar-refractivity contribution in [1.29, 1.82) is 0 Å². The van der Waals surface area contributed by atoms with Crippen LogP contribution in [0.25, 0.3) is 0 Å². The number of rotatable bonds is 6. The standard InChI is InChI=1S/C15H16Cl3N3O2.C3H6/c1-2-4-20(15(22)21-5-3-19-10-21)6-7-23-14-12(17)8-11(16)9-13(14)18;1-3-2/h3,5,8-10H,2,4,6-7H2,1H3;3H,1H2,2H3. The van der Waals surface area contributed by atoms with Crippen molar-refractivity contribution in [2.45, 2.75) is 20.3 Å². The number of carbonyl (C=O) groups excluding carboxylic acids is 1. The summed E-state index contributed by atoms with van der Waals surface area (Å²) < 4.78 is 7.05. The van der Waals surface area contributed by atoms with Gasteiger partial charge in [0.05, 0.1) is 16.6 Å². The molecular formula is C18H22Cl3N3O2. The minimum Gasteiger partial charge on any atom is -0.489 e. The van der Waals surface area contributed by atoms with E-state index < -0.39 is 0 Å². The molecule has 0 saturated heterocycles. The quantitative estimate of drug-likeness (QED) is 0.557. The van der Waals surface area contributed by atoms with E-state index in [1.807, 2.05) is 13.8 Å². The summed E-state index contributed by atoms with van der Waals surface area (Å²) in [5.74, 6) is 0.365. The van der Waals surface area contributed by atoms with E-state index in [9.17, 15) is 4.79 Å². The number of hydrogen-bond donors (Lipinski definition) is 0. The molecule has 1 amide bonds. The number of ether oxygens (including phenoxy) is 1. The van der Waals surface area contributed by atoms with Gasteiger partial charge in [-0.15, -0.1) is 6.58 Å². The monoisotopic (exact) mass is 417 g/mol. The van der Waals surface area contributed by atoms with Crippen LogP contribution in [0.5, 0.6) is 5.75 Å². The van der Waals surface area contributed by atoms with Gasteiger partial charge in [0.2, 0.25) is 0 Å². The van der Waals surface area contributed by atoms with Crippen LogP contribution in [0.2, 0.25) is 15.1 Å². The van der Waals surface area contributed by atoms with Crippen LogP contribution in [-0.2, 0) is 0 Å². The SMILES string of the molecule is C=CC.CCCN(CCOc1c(Cl)cc(Cl)cc1Cl)C(=O)n1ccnc1. The van der Waals surface area contributed by atoms with Gasteiger partial charge < -0.3 is 9.64 Å². The molecule has 0 aliphatic heterocycles. The Morgan fingerprint density at radius 1 is 1.31 bits per heavy atom. The van der Waals surface area contributed by atoms with Crippen molar-refractivity contribution in [3.05, 3.63) is 58.6 Å². The van der Waals surface area contributed by atoms with Crippen molar-refractivity contribution >= 4 is 40.8 Å². The molecule has 142 valence electrons. The van der Waals surface area contributed by atoms with Gasteiger partial charge in [0.15, 0.2) is 5.75 Å². The summed E-state index contributed by atoms with van der Waals surface area (Å²) in [6.45, 7) is 8.53. The summed E-state index contributed by atoms with van der Waals surface area (Å²) in [6, 6.07) is 2.97. The molecule has 0 radical (unpaired) electrons. The highest BCUT2D eigenvalue weighted by atomic mass is 35.5. The number of halogens is 3. The molecule has 0 bridgehead atoms. The molecule has 1 aromatic heterocycles. The van der Waals surface area contributed by atoms with E-state index in [2.05, 4.69) is 11.6 Å². The van der Waals surface area contributed by atoms with Crippen molar-refractivity contribution in [2.24, 2.45) is 0 Å². The number of allylic oxidation sites excluding steroid dienone is 1. The molecule has 0 atom stereocenters. The van der Waals surface area contributed by atoms with E-state index >= 15 is 0 Å². The number of hydrogen-bond acceptors (Lipinski definition) is 3. The highest BCUT2D eigenvalue weighted by Crippen LogP contribution is 2.35. The van der Waals surface area contributed by atoms with E-state index in [0.29, 0.717) is 33.9 Å². The fourth-order valence-electron chi connectivity index (χ4n) is 2.03. The van der Waals surface area contributed by atoms with Crippen LogP contribution in [0.1, 0.15) is 20.3 Å². The Kier molecular flexibility index (Phi) is 10.2. The summed E-state index contributed by atoms with van der Waals surface area (Å²) >= 11 is 18.0.